The van der Waals surface area contributed by atoms with Crippen LogP contribution in [-0.4, -0.2) is 38.9 Å². The van der Waals surface area contributed by atoms with E-state index in [1.165, 1.54) is 52.7 Å². The molecule has 0 heterocycles. The second-order valence-electron chi connectivity index (χ2n) is 8.47. The van der Waals surface area contributed by atoms with Crippen LogP contribution in [0.4, 0.5) is 0 Å². The Hall–Kier alpha value is 0.540. The molecule has 0 radical (unpaired) electrons. The summed E-state index contributed by atoms with van der Waals surface area (Å²) in [5.41, 5.74) is 0. The van der Waals surface area contributed by atoms with Crippen molar-refractivity contribution >= 4 is 14.7 Å². The van der Waals surface area contributed by atoms with Crippen molar-refractivity contribution in [3.8, 4) is 0 Å². The van der Waals surface area contributed by atoms with E-state index in [1.54, 1.807) is 0 Å². The maximum absolute atomic E-state index is 13.2. The molecule has 0 aromatic carbocycles. The van der Waals surface area contributed by atoms with Gasteiger partial charge in [-0.3, -0.25) is 0 Å². The molecule has 4 nitrogen and oxygen atoms in total. The molecule has 0 aliphatic carbocycles. The summed E-state index contributed by atoms with van der Waals surface area (Å²) in [5.74, 6) is 0. The molecule has 0 unspecified atom stereocenters. The molecule has 172 valence electrons. The number of unbranched alkanes of at least 4 members (excludes halogenated alkanes) is 8. The molecular weight excluding hydrogens is 390 g/mol. The Morgan fingerprint density at radius 2 is 0.929 bits per heavy atom. The minimum atomic E-state index is -3.50. The van der Waals surface area contributed by atoms with E-state index in [2.05, 4.69) is 27.7 Å². The summed E-state index contributed by atoms with van der Waals surface area (Å²) in [7, 11) is -0.580. The third-order valence-electron chi connectivity index (χ3n) is 6.09. The second kappa shape index (κ2) is 15.4. The summed E-state index contributed by atoms with van der Waals surface area (Å²) in [5, 5.41) is 0. The van der Waals surface area contributed by atoms with Crippen LogP contribution in [0.3, 0.4) is 0 Å². The second-order valence-corrected chi connectivity index (χ2v) is 16.3. The van der Waals surface area contributed by atoms with Gasteiger partial charge in [-0.15, -0.1) is 0 Å². The number of hydrogen-bond donors (Lipinski definition) is 0. The van der Waals surface area contributed by atoms with Crippen LogP contribution in [0.15, 0.2) is 0 Å². The normalized spacial score (nSPS) is 14.1. The zero-order valence-corrected chi connectivity index (χ0v) is 21.6. The van der Waals surface area contributed by atoms with Gasteiger partial charge in [0.25, 0.3) is 0 Å². The zero-order valence-electron chi connectivity index (χ0n) is 19.8. The molecule has 0 rings (SSSR count). The van der Waals surface area contributed by atoms with Gasteiger partial charge in [0.2, 0.25) is 0 Å². The Kier molecular flexibility index (Phi) is 15.7. The van der Waals surface area contributed by atoms with Crippen molar-refractivity contribution in [3.63, 3.8) is 0 Å². The van der Waals surface area contributed by atoms with E-state index in [0.717, 1.165) is 63.2 Å². The topological polar surface area (TPSA) is 44.8 Å². The molecule has 0 spiro atoms. The van der Waals surface area contributed by atoms with Gasteiger partial charge in [0.05, 0.1) is 0 Å². The summed E-state index contributed by atoms with van der Waals surface area (Å²) in [6.07, 6.45) is 18.7. The Bertz CT molecular complexity index is 396. The van der Waals surface area contributed by atoms with Gasteiger partial charge in [0.1, 0.15) is 0 Å². The standard InChI is InChI=1S/C22H50O4P2/c1-7-11-15-16-17-18-22-28(19-12-8-2,20-13-9-3,21-14-10-4)26-27(23,24-5)25-6/h7-22H2,1-6H3. The van der Waals surface area contributed by atoms with Gasteiger partial charge >= 0.3 is 176 Å². The molecule has 0 aromatic rings. The van der Waals surface area contributed by atoms with Crippen molar-refractivity contribution in [2.24, 2.45) is 0 Å². The van der Waals surface area contributed by atoms with E-state index in [9.17, 15) is 4.57 Å². The zero-order chi connectivity index (χ0) is 21.4. The van der Waals surface area contributed by atoms with Crippen LogP contribution in [0, 0.1) is 0 Å². The Morgan fingerprint density at radius 3 is 1.32 bits per heavy atom. The first-order chi connectivity index (χ1) is 13.4. The summed E-state index contributed by atoms with van der Waals surface area (Å²) in [6.45, 7) is 6.30. The summed E-state index contributed by atoms with van der Waals surface area (Å²) >= 11 is 0. The predicted octanol–water partition coefficient (Wildman–Crippen LogP) is 8.63. The fourth-order valence-electron chi connectivity index (χ4n) is 4.22. The van der Waals surface area contributed by atoms with Crippen LogP contribution in [0.2, 0.25) is 0 Å². The molecule has 6 heteroatoms. The summed E-state index contributed by atoms with van der Waals surface area (Å²) in [6, 6.07) is 0. The average molecular weight is 441 g/mol. The van der Waals surface area contributed by atoms with Gasteiger partial charge in [0, 0.05) is 0 Å². The van der Waals surface area contributed by atoms with Gasteiger partial charge in [-0.2, -0.15) is 0 Å². The average Bonchev–Trinajstić information content (AvgIpc) is 2.72. The van der Waals surface area contributed by atoms with Crippen molar-refractivity contribution < 1.29 is 17.9 Å². The van der Waals surface area contributed by atoms with Gasteiger partial charge in [-0.1, -0.05) is 0 Å². The first-order valence-corrected chi connectivity index (χ1v) is 16.2. The molecule has 0 fully saturated rings. The van der Waals surface area contributed by atoms with Gasteiger partial charge in [-0.25, -0.2) is 0 Å². The molecule has 0 aliphatic heterocycles. The number of rotatable bonds is 20. The van der Waals surface area contributed by atoms with Crippen LogP contribution in [0.25, 0.3) is 0 Å². The van der Waals surface area contributed by atoms with Crippen molar-refractivity contribution in [1.82, 2.24) is 0 Å². The molecule has 0 aromatic heterocycles. The molecule has 0 bridgehead atoms. The third kappa shape index (κ3) is 10.0. The molecule has 0 atom stereocenters. The van der Waals surface area contributed by atoms with Crippen LogP contribution in [0.1, 0.15) is 105 Å². The third-order valence-corrected chi connectivity index (χ3v) is 15.4. The number of hydrogen-bond acceptors (Lipinski definition) is 4. The Balaban J connectivity index is 5.74. The molecule has 0 aliphatic rings. The van der Waals surface area contributed by atoms with E-state index < -0.39 is 14.7 Å². The Labute approximate surface area is 176 Å². The van der Waals surface area contributed by atoms with Gasteiger partial charge < -0.3 is 0 Å². The molecule has 28 heavy (non-hydrogen) atoms. The Morgan fingerprint density at radius 1 is 0.571 bits per heavy atom. The fraction of sp³-hybridized carbons (Fsp3) is 1.00. The molecule has 0 amide bonds. The van der Waals surface area contributed by atoms with E-state index >= 15 is 0 Å². The monoisotopic (exact) mass is 440 g/mol. The van der Waals surface area contributed by atoms with Crippen molar-refractivity contribution in [1.29, 1.82) is 0 Å². The van der Waals surface area contributed by atoms with Crippen molar-refractivity contribution in [3.05, 3.63) is 0 Å². The minimum absolute atomic E-state index is 1.06. The van der Waals surface area contributed by atoms with Crippen molar-refractivity contribution in [2.75, 3.05) is 38.9 Å². The molecule has 0 N–H and O–H groups in total. The van der Waals surface area contributed by atoms with E-state index in [0.29, 0.717) is 0 Å². The number of phosphoric ester groups is 1. The van der Waals surface area contributed by atoms with Crippen LogP contribution in [-0.2, 0) is 17.9 Å². The quantitative estimate of drug-likeness (QED) is 0.140. The van der Waals surface area contributed by atoms with Crippen molar-refractivity contribution in [2.45, 2.75) is 105 Å². The fourth-order valence-corrected chi connectivity index (χ4v) is 14.2. The van der Waals surface area contributed by atoms with E-state index in [1.807, 2.05) is 0 Å². The van der Waals surface area contributed by atoms with E-state index in [-0.39, 0.29) is 0 Å². The SMILES string of the molecule is CCCCCCCCP(CCCC)(CCCC)(CCCC)OP(=O)(OC)OC. The summed E-state index contributed by atoms with van der Waals surface area (Å²) in [4.78, 5) is 0. The molecular formula is C22H50O4P2. The first kappa shape index (κ1) is 28.5. The predicted molar refractivity (Wildman–Crippen MR) is 127 cm³/mol. The van der Waals surface area contributed by atoms with Gasteiger partial charge in [0.15, 0.2) is 0 Å². The summed E-state index contributed by atoms with van der Waals surface area (Å²) < 4.78 is 30.5. The van der Waals surface area contributed by atoms with Crippen LogP contribution < -0.4 is 0 Å². The van der Waals surface area contributed by atoms with E-state index in [4.69, 9.17) is 13.4 Å². The molecule has 0 saturated carbocycles. The van der Waals surface area contributed by atoms with Gasteiger partial charge in [-0.05, 0) is 0 Å². The van der Waals surface area contributed by atoms with Crippen LogP contribution in [0.5, 0.6) is 0 Å². The molecule has 0 saturated heterocycles. The first-order valence-electron chi connectivity index (χ1n) is 11.8. The maximum atomic E-state index is 13.2. The number of phosphoric acid groups is 1. The van der Waals surface area contributed by atoms with Crippen LogP contribution >= 0.6 is 14.7 Å².